The van der Waals surface area contributed by atoms with Crippen molar-refractivity contribution in [3.63, 3.8) is 0 Å². The molecule has 4 nitrogen and oxygen atoms in total. The smallest absolute Gasteiger partial charge is 0.240 e. The number of hydrogen-bond acceptors (Lipinski definition) is 3. The molecule has 0 fully saturated rings. The average Bonchev–Trinajstić information content (AvgIpc) is 2.28. The summed E-state index contributed by atoms with van der Waals surface area (Å²) in [5, 5.41) is -0.231. The predicted molar refractivity (Wildman–Crippen MR) is 64.8 cm³/mol. The van der Waals surface area contributed by atoms with Crippen LogP contribution < -0.4 is 10.5 Å². The molecule has 7 heteroatoms. The van der Waals surface area contributed by atoms with Crippen molar-refractivity contribution in [2.75, 3.05) is 13.1 Å². The molecule has 1 aromatic rings. The van der Waals surface area contributed by atoms with Crippen molar-refractivity contribution in [1.82, 2.24) is 4.72 Å². The molecule has 0 saturated carbocycles. The Balaban J connectivity index is 2.82. The molecule has 0 aliphatic carbocycles. The Kier molecular flexibility index (Phi) is 5.07. The van der Waals surface area contributed by atoms with Crippen LogP contribution in [0.2, 0.25) is 5.02 Å². The second kappa shape index (κ2) is 6.11. The van der Waals surface area contributed by atoms with E-state index in [0.717, 1.165) is 18.2 Å². The molecule has 0 saturated heterocycles. The van der Waals surface area contributed by atoms with Gasteiger partial charge in [0, 0.05) is 13.1 Å². The molecule has 0 aromatic heterocycles. The Labute approximate surface area is 104 Å². The summed E-state index contributed by atoms with van der Waals surface area (Å²) in [6.07, 6.45) is 3.21. The highest BCUT2D eigenvalue weighted by molar-refractivity contribution is 7.89. The maximum Gasteiger partial charge on any atom is 0.240 e. The summed E-state index contributed by atoms with van der Waals surface area (Å²) in [7, 11) is -3.67. The van der Waals surface area contributed by atoms with Gasteiger partial charge in [0.15, 0.2) is 0 Å². The van der Waals surface area contributed by atoms with Crippen molar-refractivity contribution >= 4 is 21.6 Å². The van der Waals surface area contributed by atoms with E-state index in [1.54, 1.807) is 12.2 Å². The lowest BCUT2D eigenvalue weighted by atomic mass is 10.3. The maximum atomic E-state index is 12.9. The first-order valence-corrected chi connectivity index (χ1v) is 6.63. The molecule has 0 heterocycles. The van der Waals surface area contributed by atoms with E-state index in [-0.39, 0.29) is 16.5 Å². The first-order chi connectivity index (χ1) is 7.97. The molecule has 94 valence electrons. The van der Waals surface area contributed by atoms with Gasteiger partial charge in [-0.05, 0) is 18.2 Å². The van der Waals surface area contributed by atoms with Crippen LogP contribution in [0.3, 0.4) is 0 Å². The van der Waals surface area contributed by atoms with Gasteiger partial charge in [0.2, 0.25) is 10.0 Å². The van der Waals surface area contributed by atoms with Crippen LogP contribution in [0.15, 0.2) is 35.2 Å². The van der Waals surface area contributed by atoms with Gasteiger partial charge < -0.3 is 5.73 Å². The lowest BCUT2D eigenvalue weighted by molar-refractivity contribution is 0.584. The minimum atomic E-state index is -3.67. The third-order valence-electron chi connectivity index (χ3n) is 1.90. The van der Waals surface area contributed by atoms with Gasteiger partial charge >= 0.3 is 0 Å². The topological polar surface area (TPSA) is 72.2 Å². The van der Waals surface area contributed by atoms with E-state index >= 15 is 0 Å². The first-order valence-electron chi connectivity index (χ1n) is 4.77. The van der Waals surface area contributed by atoms with Gasteiger partial charge in [-0.25, -0.2) is 17.5 Å². The number of benzene rings is 1. The van der Waals surface area contributed by atoms with Crippen LogP contribution in [0.5, 0.6) is 0 Å². The number of halogens is 2. The highest BCUT2D eigenvalue weighted by Gasteiger charge is 2.14. The number of nitrogens with two attached hydrogens (primary N) is 1. The summed E-state index contributed by atoms with van der Waals surface area (Å²) >= 11 is 5.51. The molecule has 0 unspecified atom stereocenters. The fourth-order valence-corrected chi connectivity index (χ4v) is 2.31. The molecule has 1 aromatic carbocycles. The molecule has 1 rings (SSSR count). The maximum absolute atomic E-state index is 12.9. The van der Waals surface area contributed by atoms with Crippen LogP contribution in [-0.2, 0) is 10.0 Å². The molecule has 0 spiro atoms. The van der Waals surface area contributed by atoms with Crippen molar-refractivity contribution in [2.45, 2.75) is 4.90 Å². The van der Waals surface area contributed by atoms with E-state index in [9.17, 15) is 12.8 Å². The second-order valence-electron chi connectivity index (χ2n) is 3.13. The monoisotopic (exact) mass is 278 g/mol. The molecule has 17 heavy (non-hydrogen) atoms. The Morgan fingerprint density at radius 1 is 1.41 bits per heavy atom. The van der Waals surface area contributed by atoms with E-state index < -0.39 is 15.8 Å². The van der Waals surface area contributed by atoms with Crippen LogP contribution >= 0.6 is 11.6 Å². The number of sulfonamides is 1. The fraction of sp³-hybridized carbons (Fsp3) is 0.200. The zero-order chi connectivity index (χ0) is 12.9. The molecule has 0 bridgehead atoms. The van der Waals surface area contributed by atoms with E-state index in [0.29, 0.717) is 6.54 Å². The van der Waals surface area contributed by atoms with Gasteiger partial charge in [0.05, 0.1) is 9.92 Å². The summed E-state index contributed by atoms with van der Waals surface area (Å²) in [6, 6.07) is 3.22. The summed E-state index contributed by atoms with van der Waals surface area (Å²) in [5.74, 6) is -0.659. The molecule has 0 radical (unpaired) electrons. The van der Waals surface area contributed by atoms with E-state index in [2.05, 4.69) is 4.72 Å². The van der Waals surface area contributed by atoms with Crippen molar-refractivity contribution < 1.29 is 12.8 Å². The highest BCUT2D eigenvalue weighted by Crippen LogP contribution is 2.19. The Morgan fingerprint density at radius 3 is 2.71 bits per heavy atom. The molecule has 0 atom stereocenters. The predicted octanol–water partition coefficient (Wildman–Crippen LogP) is 1.27. The van der Waals surface area contributed by atoms with Crippen molar-refractivity contribution in [2.24, 2.45) is 5.73 Å². The van der Waals surface area contributed by atoms with Crippen LogP contribution in [0.25, 0.3) is 0 Å². The number of rotatable bonds is 5. The van der Waals surface area contributed by atoms with Gasteiger partial charge in [0.25, 0.3) is 0 Å². The van der Waals surface area contributed by atoms with Crippen molar-refractivity contribution in [3.8, 4) is 0 Å². The van der Waals surface area contributed by atoms with Crippen molar-refractivity contribution in [3.05, 3.63) is 41.2 Å². The Bertz CT molecular complexity index is 517. The van der Waals surface area contributed by atoms with Gasteiger partial charge in [-0.2, -0.15) is 0 Å². The third kappa shape index (κ3) is 4.08. The van der Waals surface area contributed by atoms with E-state index in [4.69, 9.17) is 17.3 Å². The number of nitrogens with one attached hydrogen (secondary N) is 1. The number of hydrogen-bond donors (Lipinski definition) is 2. The zero-order valence-corrected chi connectivity index (χ0v) is 10.4. The van der Waals surface area contributed by atoms with Crippen LogP contribution in [0.4, 0.5) is 4.39 Å². The third-order valence-corrected chi connectivity index (χ3v) is 3.61. The van der Waals surface area contributed by atoms with Crippen LogP contribution in [0.1, 0.15) is 0 Å². The minimum Gasteiger partial charge on any atom is -0.327 e. The van der Waals surface area contributed by atoms with Gasteiger partial charge in [0.1, 0.15) is 5.82 Å². The van der Waals surface area contributed by atoms with Crippen LogP contribution in [0, 0.1) is 5.82 Å². The average molecular weight is 279 g/mol. The summed E-state index contributed by atoms with van der Waals surface area (Å²) in [6.45, 7) is 0.457. The Morgan fingerprint density at radius 2 is 2.12 bits per heavy atom. The molecule has 0 aliphatic rings. The van der Waals surface area contributed by atoms with Crippen LogP contribution in [-0.4, -0.2) is 21.5 Å². The summed E-state index contributed by atoms with van der Waals surface area (Å²) in [4.78, 5) is -0.0787. The normalized spacial score (nSPS) is 12.2. The van der Waals surface area contributed by atoms with Gasteiger partial charge in [-0.1, -0.05) is 23.8 Å². The molecule has 0 aliphatic heterocycles. The quantitative estimate of drug-likeness (QED) is 0.797. The molecule has 3 N–H and O–H groups in total. The van der Waals surface area contributed by atoms with Gasteiger partial charge in [-0.3, -0.25) is 0 Å². The van der Waals surface area contributed by atoms with E-state index in [1.165, 1.54) is 0 Å². The molecular weight excluding hydrogens is 267 g/mol. The summed E-state index contributed by atoms with van der Waals surface area (Å²) < 4.78 is 38.6. The summed E-state index contributed by atoms with van der Waals surface area (Å²) in [5.41, 5.74) is 5.20. The lowest BCUT2D eigenvalue weighted by Gasteiger charge is -2.05. The lowest BCUT2D eigenvalue weighted by Crippen LogP contribution is -2.23. The fourth-order valence-electron chi connectivity index (χ4n) is 1.06. The first kappa shape index (κ1) is 14.1. The zero-order valence-electron chi connectivity index (χ0n) is 8.86. The highest BCUT2D eigenvalue weighted by atomic mass is 35.5. The Hall–Kier alpha value is -0.950. The standard InChI is InChI=1S/C10H12ClFN2O2S/c11-9-7-8(3-4-10(9)12)17(15,16)14-6-2-1-5-13/h1-4,7,14H,5-6,13H2/b2-1+. The minimum absolute atomic E-state index is 0.0787. The van der Waals surface area contributed by atoms with Gasteiger partial charge in [-0.15, -0.1) is 0 Å². The van der Waals surface area contributed by atoms with E-state index in [1.807, 2.05) is 0 Å². The second-order valence-corrected chi connectivity index (χ2v) is 5.31. The van der Waals surface area contributed by atoms with Crippen molar-refractivity contribution in [1.29, 1.82) is 0 Å². The molecular formula is C10H12ClFN2O2S. The molecule has 0 amide bonds. The largest absolute Gasteiger partial charge is 0.327 e. The SMILES string of the molecule is NC/C=C/CNS(=O)(=O)c1ccc(F)c(Cl)c1.